The third kappa shape index (κ3) is 4.42. The summed E-state index contributed by atoms with van der Waals surface area (Å²) in [6.45, 7) is 0.243. The molecule has 112 valence electrons. The molecule has 22 heavy (non-hydrogen) atoms. The summed E-state index contributed by atoms with van der Waals surface area (Å²) in [5.74, 6) is 2.30. The minimum Gasteiger partial charge on any atom is -0.489 e. The quantitative estimate of drug-likeness (QED) is 0.601. The van der Waals surface area contributed by atoms with Gasteiger partial charge in [-0.15, -0.1) is 6.42 Å². The van der Waals surface area contributed by atoms with Crippen molar-refractivity contribution in [1.29, 1.82) is 0 Å². The Balaban J connectivity index is 2.02. The Morgan fingerprint density at radius 3 is 2.68 bits per heavy atom. The van der Waals surface area contributed by atoms with Gasteiger partial charge < -0.3 is 9.47 Å². The molecule has 0 spiro atoms. The van der Waals surface area contributed by atoms with E-state index in [-0.39, 0.29) is 6.61 Å². The van der Waals surface area contributed by atoms with Crippen LogP contribution in [0.5, 0.6) is 5.75 Å². The maximum Gasteiger partial charge on any atom is 0.339 e. The van der Waals surface area contributed by atoms with Gasteiger partial charge in [0.25, 0.3) is 0 Å². The summed E-state index contributed by atoms with van der Waals surface area (Å²) in [4.78, 5) is 11.7. The van der Waals surface area contributed by atoms with Gasteiger partial charge in [-0.05, 0) is 35.9 Å². The van der Waals surface area contributed by atoms with Gasteiger partial charge in [-0.3, -0.25) is 0 Å². The van der Waals surface area contributed by atoms with Crippen molar-refractivity contribution >= 4 is 29.2 Å². The second-order valence-electron chi connectivity index (χ2n) is 4.35. The van der Waals surface area contributed by atoms with E-state index in [4.69, 9.17) is 39.1 Å². The summed E-state index contributed by atoms with van der Waals surface area (Å²) < 4.78 is 10.5. The Kier molecular flexibility index (Phi) is 5.71. The molecule has 5 heteroatoms. The van der Waals surface area contributed by atoms with Gasteiger partial charge in [0.2, 0.25) is 0 Å². The number of benzene rings is 2. The predicted octanol–water partition coefficient (Wildman–Crippen LogP) is 4.36. The minimum atomic E-state index is -0.488. The van der Waals surface area contributed by atoms with Crippen LogP contribution >= 0.6 is 23.2 Å². The first-order valence-corrected chi connectivity index (χ1v) is 7.13. The van der Waals surface area contributed by atoms with Crippen LogP contribution in [0.1, 0.15) is 15.9 Å². The molecule has 3 nitrogen and oxygen atoms in total. The van der Waals surface area contributed by atoms with Crippen LogP contribution in [0.15, 0.2) is 42.5 Å². The number of ether oxygens (including phenoxy) is 2. The van der Waals surface area contributed by atoms with Crippen LogP contribution in [-0.4, -0.2) is 12.6 Å². The number of halogens is 2. The molecule has 0 aliphatic rings. The summed E-state index contributed by atoms with van der Waals surface area (Å²) in [5.41, 5.74) is 1.25. The van der Waals surface area contributed by atoms with E-state index >= 15 is 0 Å². The van der Waals surface area contributed by atoms with Crippen LogP contribution in [0.25, 0.3) is 0 Å². The molecule has 0 fully saturated rings. The van der Waals surface area contributed by atoms with Gasteiger partial charge in [0.15, 0.2) is 6.61 Å². The second kappa shape index (κ2) is 7.74. The standard InChI is InChI=1S/C17H12Cl2O3/c1-2-8-21-17(20)13-4-3-5-14(10-13)22-11-12-6-7-15(18)16(19)9-12/h1,3-7,9-10H,8,11H2. The third-order valence-corrected chi connectivity index (χ3v) is 3.48. The highest BCUT2D eigenvalue weighted by Crippen LogP contribution is 2.23. The Morgan fingerprint density at radius 1 is 1.14 bits per heavy atom. The van der Waals surface area contributed by atoms with E-state index in [1.807, 2.05) is 6.07 Å². The average Bonchev–Trinajstić information content (AvgIpc) is 2.54. The number of carbonyl (C=O) groups excluding carboxylic acids is 1. The van der Waals surface area contributed by atoms with E-state index in [0.29, 0.717) is 28.0 Å². The van der Waals surface area contributed by atoms with Gasteiger partial charge in [-0.2, -0.15) is 0 Å². The van der Waals surface area contributed by atoms with Gasteiger partial charge in [0, 0.05) is 0 Å². The van der Waals surface area contributed by atoms with Crippen molar-refractivity contribution in [2.45, 2.75) is 6.61 Å². The molecular weight excluding hydrogens is 323 g/mol. The molecule has 2 rings (SSSR count). The van der Waals surface area contributed by atoms with Crippen LogP contribution in [0.3, 0.4) is 0 Å². The highest BCUT2D eigenvalue weighted by molar-refractivity contribution is 6.42. The summed E-state index contributed by atoms with van der Waals surface area (Å²) in [6.07, 6.45) is 5.05. The summed E-state index contributed by atoms with van der Waals surface area (Å²) in [5, 5.41) is 0.957. The molecule has 2 aromatic carbocycles. The van der Waals surface area contributed by atoms with Crippen molar-refractivity contribution in [2.75, 3.05) is 6.61 Å². The van der Waals surface area contributed by atoms with E-state index in [2.05, 4.69) is 5.92 Å². The van der Waals surface area contributed by atoms with Crippen molar-refractivity contribution < 1.29 is 14.3 Å². The minimum absolute atomic E-state index is 0.0623. The molecule has 0 heterocycles. The van der Waals surface area contributed by atoms with E-state index < -0.39 is 5.97 Å². The molecule has 0 N–H and O–H groups in total. The lowest BCUT2D eigenvalue weighted by atomic mass is 10.2. The van der Waals surface area contributed by atoms with E-state index in [1.54, 1.807) is 36.4 Å². The molecule has 0 aliphatic carbocycles. The predicted molar refractivity (Wildman–Crippen MR) is 86.4 cm³/mol. The van der Waals surface area contributed by atoms with Crippen LogP contribution in [0.4, 0.5) is 0 Å². The zero-order valence-electron chi connectivity index (χ0n) is 11.5. The first-order chi connectivity index (χ1) is 10.6. The zero-order valence-corrected chi connectivity index (χ0v) is 13.0. The molecular formula is C17H12Cl2O3. The normalized spacial score (nSPS) is 9.86. The molecule has 0 atom stereocenters. The lowest BCUT2D eigenvalue weighted by Gasteiger charge is -2.08. The summed E-state index contributed by atoms with van der Waals surface area (Å²) in [7, 11) is 0. The lowest BCUT2D eigenvalue weighted by molar-refractivity contribution is 0.0556. The Morgan fingerprint density at radius 2 is 1.95 bits per heavy atom. The number of hydrogen-bond acceptors (Lipinski definition) is 3. The van der Waals surface area contributed by atoms with Crippen LogP contribution in [0, 0.1) is 12.3 Å². The van der Waals surface area contributed by atoms with Gasteiger partial charge in [-0.25, -0.2) is 4.79 Å². The molecule has 0 saturated carbocycles. The summed E-state index contributed by atoms with van der Waals surface area (Å²) >= 11 is 11.8. The molecule has 0 radical (unpaired) electrons. The van der Waals surface area contributed by atoms with Crippen molar-refractivity contribution in [2.24, 2.45) is 0 Å². The monoisotopic (exact) mass is 334 g/mol. The fraction of sp³-hybridized carbons (Fsp3) is 0.118. The first-order valence-electron chi connectivity index (χ1n) is 6.37. The molecule has 0 aromatic heterocycles. The van der Waals surface area contributed by atoms with Gasteiger partial charge in [0.1, 0.15) is 12.4 Å². The Hall–Kier alpha value is -2.15. The Labute approximate surface area is 138 Å². The largest absolute Gasteiger partial charge is 0.489 e. The van der Waals surface area contributed by atoms with E-state index in [1.165, 1.54) is 0 Å². The molecule has 0 saturated heterocycles. The number of hydrogen-bond donors (Lipinski definition) is 0. The van der Waals surface area contributed by atoms with Gasteiger partial charge in [-0.1, -0.05) is 41.3 Å². The highest BCUT2D eigenvalue weighted by atomic mass is 35.5. The number of carbonyl (C=O) groups is 1. The first kappa shape index (κ1) is 16.2. The van der Waals surface area contributed by atoms with Crippen molar-refractivity contribution in [3.05, 3.63) is 63.6 Å². The topological polar surface area (TPSA) is 35.5 Å². The maximum absolute atomic E-state index is 11.7. The molecule has 0 amide bonds. The zero-order chi connectivity index (χ0) is 15.9. The number of terminal acetylenes is 1. The van der Waals surface area contributed by atoms with E-state index in [9.17, 15) is 4.79 Å². The number of esters is 1. The van der Waals surface area contributed by atoms with Gasteiger partial charge >= 0.3 is 5.97 Å². The fourth-order valence-corrected chi connectivity index (χ4v) is 2.02. The van der Waals surface area contributed by atoms with E-state index in [0.717, 1.165) is 5.56 Å². The van der Waals surface area contributed by atoms with Crippen LogP contribution in [0.2, 0.25) is 10.0 Å². The van der Waals surface area contributed by atoms with Crippen molar-refractivity contribution in [3.63, 3.8) is 0 Å². The second-order valence-corrected chi connectivity index (χ2v) is 5.16. The smallest absolute Gasteiger partial charge is 0.339 e. The molecule has 0 aliphatic heterocycles. The van der Waals surface area contributed by atoms with Crippen molar-refractivity contribution in [1.82, 2.24) is 0 Å². The van der Waals surface area contributed by atoms with Crippen molar-refractivity contribution in [3.8, 4) is 18.1 Å². The Bertz CT molecular complexity index is 720. The average molecular weight is 335 g/mol. The molecule has 0 bridgehead atoms. The van der Waals surface area contributed by atoms with Gasteiger partial charge in [0.05, 0.1) is 15.6 Å². The third-order valence-electron chi connectivity index (χ3n) is 2.75. The SMILES string of the molecule is C#CCOC(=O)c1cccc(OCc2ccc(Cl)c(Cl)c2)c1. The van der Waals surface area contributed by atoms with Crippen LogP contribution < -0.4 is 4.74 Å². The fourth-order valence-electron chi connectivity index (χ4n) is 1.70. The molecule has 2 aromatic rings. The highest BCUT2D eigenvalue weighted by Gasteiger charge is 2.08. The number of rotatable bonds is 5. The maximum atomic E-state index is 11.7. The summed E-state index contributed by atoms with van der Waals surface area (Å²) in [6, 6.07) is 11.9. The van der Waals surface area contributed by atoms with Crippen LogP contribution in [-0.2, 0) is 11.3 Å². The lowest BCUT2D eigenvalue weighted by Crippen LogP contribution is -2.05. The molecule has 0 unspecified atom stereocenters.